The van der Waals surface area contributed by atoms with Crippen molar-refractivity contribution in [1.82, 2.24) is 5.32 Å². The van der Waals surface area contributed by atoms with E-state index in [4.69, 9.17) is 22.7 Å². The van der Waals surface area contributed by atoms with Crippen LogP contribution in [0.5, 0.6) is 5.75 Å². The fourth-order valence-electron chi connectivity index (χ4n) is 1.92. The Morgan fingerprint density at radius 2 is 2.20 bits per heavy atom. The van der Waals surface area contributed by atoms with Crippen molar-refractivity contribution in [3.63, 3.8) is 0 Å². The summed E-state index contributed by atoms with van der Waals surface area (Å²) in [5.41, 5.74) is 6.30. The smallest absolute Gasteiger partial charge is 0.257 e. The van der Waals surface area contributed by atoms with Gasteiger partial charge in [0.2, 0.25) is 0 Å². The zero-order valence-electron chi connectivity index (χ0n) is 11.1. The van der Waals surface area contributed by atoms with E-state index in [1.165, 1.54) is 12.2 Å². The summed E-state index contributed by atoms with van der Waals surface area (Å²) in [4.78, 5) is 12.0. The summed E-state index contributed by atoms with van der Waals surface area (Å²) >= 11 is 6.81. The summed E-state index contributed by atoms with van der Waals surface area (Å²) in [7, 11) is 0. The third kappa shape index (κ3) is 4.68. The Hall–Kier alpha value is -1.27. The number of carbonyl (C=O) groups excluding carboxylic acids is 1. The lowest BCUT2D eigenvalue weighted by Crippen LogP contribution is -2.33. The molecule has 4 nitrogen and oxygen atoms in total. The molecule has 1 atom stereocenters. The standard InChI is InChI=1S/C14H18N2O2S2/c15-14(19)11-1-3-12(4-2-11)18-8-13(17)16-7-10-5-6-20-9-10/h1-4,10H,5-9H2,(H2,15,19)(H,16,17). The fraction of sp³-hybridized carbons (Fsp3) is 0.429. The lowest BCUT2D eigenvalue weighted by Gasteiger charge is -2.11. The number of carbonyl (C=O) groups is 1. The Bertz CT molecular complexity index is 471. The van der Waals surface area contributed by atoms with Gasteiger partial charge in [-0.25, -0.2) is 0 Å². The van der Waals surface area contributed by atoms with Gasteiger partial charge in [-0.05, 0) is 48.1 Å². The van der Waals surface area contributed by atoms with Gasteiger partial charge >= 0.3 is 0 Å². The predicted octanol–water partition coefficient (Wildman–Crippen LogP) is 1.57. The van der Waals surface area contributed by atoms with E-state index in [9.17, 15) is 4.79 Å². The lowest BCUT2D eigenvalue weighted by molar-refractivity contribution is -0.123. The Kier molecular flexibility index (Phi) is 5.67. The minimum atomic E-state index is -0.0830. The molecule has 0 aliphatic carbocycles. The van der Waals surface area contributed by atoms with E-state index in [2.05, 4.69) is 5.32 Å². The molecule has 1 fully saturated rings. The number of hydrogen-bond donors (Lipinski definition) is 2. The number of benzene rings is 1. The molecule has 1 saturated heterocycles. The van der Waals surface area contributed by atoms with Gasteiger partial charge in [0, 0.05) is 12.1 Å². The molecule has 1 unspecified atom stereocenters. The SMILES string of the molecule is NC(=S)c1ccc(OCC(=O)NCC2CCSC2)cc1. The fourth-order valence-corrected chi connectivity index (χ4v) is 3.34. The van der Waals surface area contributed by atoms with E-state index in [1.807, 2.05) is 11.8 Å². The maximum absolute atomic E-state index is 11.7. The van der Waals surface area contributed by atoms with Gasteiger partial charge in [-0.2, -0.15) is 11.8 Å². The maximum atomic E-state index is 11.7. The topological polar surface area (TPSA) is 64.3 Å². The molecule has 1 aliphatic rings. The van der Waals surface area contributed by atoms with Crippen molar-refractivity contribution < 1.29 is 9.53 Å². The van der Waals surface area contributed by atoms with Gasteiger partial charge in [0.25, 0.3) is 5.91 Å². The average Bonchev–Trinajstić information content (AvgIpc) is 2.96. The Morgan fingerprint density at radius 1 is 1.45 bits per heavy atom. The van der Waals surface area contributed by atoms with E-state index in [0.717, 1.165) is 17.9 Å². The molecule has 1 aromatic carbocycles. The molecule has 20 heavy (non-hydrogen) atoms. The minimum absolute atomic E-state index is 0.0340. The lowest BCUT2D eigenvalue weighted by atomic mass is 10.1. The van der Waals surface area contributed by atoms with Crippen LogP contribution in [0, 0.1) is 5.92 Å². The molecule has 0 radical (unpaired) electrons. The van der Waals surface area contributed by atoms with Crippen molar-refractivity contribution >= 4 is 34.9 Å². The van der Waals surface area contributed by atoms with Crippen LogP contribution in [-0.2, 0) is 4.79 Å². The van der Waals surface area contributed by atoms with E-state index in [1.54, 1.807) is 24.3 Å². The molecule has 6 heteroatoms. The molecule has 108 valence electrons. The molecule has 3 N–H and O–H groups in total. The summed E-state index contributed by atoms with van der Waals surface area (Å²) in [6.45, 7) is 0.780. The second-order valence-corrected chi connectivity index (χ2v) is 6.30. The second kappa shape index (κ2) is 7.50. The molecule has 1 aliphatic heterocycles. The molecule has 1 amide bonds. The largest absolute Gasteiger partial charge is 0.484 e. The summed E-state index contributed by atoms with van der Waals surface area (Å²) in [6, 6.07) is 7.08. The van der Waals surface area contributed by atoms with Crippen molar-refractivity contribution in [2.24, 2.45) is 11.7 Å². The third-order valence-corrected chi connectivity index (χ3v) is 4.59. The van der Waals surface area contributed by atoms with Gasteiger partial charge in [0.15, 0.2) is 6.61 Å². The molecule has 0 saturated carbocycles. The first-order valence-corrected chi connectivity index (χ1v) is 8.08. The second-order valence-electron chi connectivity index (χ2n) is 4.71. The first-order valence-electron chi connectivity index (χ1n) is 6.52. The van der Waals surface area contributed by atoms with Gasteiger partial charge in [0.1, 0.15) is 10.7 Å². The zero-order chi connectivity index (χ0) is 14.4. The van der Waals surface area contributed by atoms with Crippen molar-refractivity contribution in [3.05, 3.63) is 29.8 Å². The van der Waals surface area contributed by atoms with Crippen LogP contribution in [0.1, 0.15) is 12.0 Å². The van der Waals surface area contributed by atoms with E-state index < -0.39 is 0 Å². The highest BCUT2D eigenvalue weighted by atomic mass is 32.2. The van der Waals surface area contributed by atoms with Crippen molar-refractivity contribution in [3.8, 4) is 5.75 Å². The van der Waals surface area contributed by atoms with Crippen LogP contribution in [0.25, 0.3) is 0 Å². The average molecular weight is 310 g/mol. The third-order valence-electron chi connectivity index (χ3n) is 3.12. The van der Waals surface area contributed by atoms with Crippen LogP contribution >= 0.6 is 24.0 Å². The van der Waals surface area contributed by atoms with Crippen LogP contribution in [0.4, 0.5) is 0 Å². The van der Waals surface area contributed by atoms with Crippen LogP contribution in [0.15, 0.2) is 24.3 Å². The first-order chi connectivity index (χ1) is 9.65. The monoisotopic (exact) mass is 310 g/mol. The highest BCUT2D eigenvalue weighted by Crippen LogP contribution is 2.22. The van der Waals surface area contributed by atoms with Crippen LogP contribution < -0.4 is 15.8 Å². The summed E-state index contributed by atoms with van der Waals surface area (Å²) < 4.78 is 5.42. The van der Waals surface area contributed by atoms with Crippen LogP contribution in [-0.4, -0.2) is 35.6 Å². The number of nitrogens with one attached hydrogen (secondary N) is 1. The van der Waals surface area contributed by atoms with Gasteiger partial charge < -0.3 is 15.8 Å². The highest BCUT2D eigenvalue weighted by Gasteiger charge is 2.16. The number of nitrogens with two attached hydrogens (primary N) is 1. The summed E-state index contributed by atoms with van der Waals surface area (Å²) in [6.07, 6.45) is 1.19. The maximum Gasteiger partial charge on any atom is 0.257 e. The van der Waals surface area contributed by atoms with Crippen LogP contribution in [0.2, 0.25) is 0 Å². The Balaban J connectivity index is 1.70. The Labute approximate surface area is 128 Å². The number of thioether (sulfide) groups is 1. The number of ether oxygens (including phenoxy) is 1. The quantitative estimate of drug-likeness (QED) is 0.781. The van der Waals surface area contributed by atoms with Gasteiger partial charge in [-0.15, -0.1) is 0 Å². The molecule has 0 spiro atoms. The van der Waals surface area contributed by atoms with E-state index in [-0.39, 0.29) is 12.5 Å². The molecule has 0 aromatic heterocycles. The van der Waals surface area contributed by atoms with E-state index >= 15 is 0 Å². The van der Waals surface area contributed by atoms with Gasteiger partial charge in [-0.1, -0.05) is 12.2 Å². The predicted molar refractivity (Wildman–Crippen MR) is 86.3 cm³/mol. The number of amides is 1. The van der Waals surface area contributed by atoms with Crippen LogP contribution in [0.3, 0.4) is 0 Å². The summed E-state index contributed by atoms with van der Waals surface area (Å²) in [5.74, 6) is 3.50. The zero-order valence-corrected chi connectivity index (χ0v) is 12.8. The highest BCUT2D eigenvalue weighted by molar-refractivity contribution is 7.99. The first kappa shape index (κ1) is 15.1. The van der Waals surface area contributed by atoms with Crippen molar-refractivity contribution in [2.75, 3.05) is 24.7 Å². The van der Waals surface area contributed by atoms with Gasteiger partial charge in [0.05, 0.1) is 0 Å². The molecular weight excluding hydrogens is 292 g/mol. The molecule has 0 bridgehead atoms. The molecule has 1 aromatic rings. The minimum Gasteiger partial charge on any atom is -0.484 e. The van der Waals surface area contributed by atoms with Gasteiger partial charge in [-0.3, -0.25) is 4.79 Å². The number of thiocarbonyl (C=S) groups is 1. The Morgan fingerprint density at radius 3 is 2.80 bits per heavy atom. The molecular formula is C14H18N2O2S2. The molecule has 1 heterocycles. The van der Waals surface area contributed by atoms with Crippen molar-refractivity contribution in [2.45, 2.75) is 6.42 Å². The molecule has 2 rings (SSSR count). The van der Waals surface area contributed by atoms with E-state index in [0.29, 0.717) is 16.7 Å². The number of hydrogen-bond acceptors (Lipinski definition) is 4. The normalized spacial score (nSPS) is 17.7. The number of rotatable bonds is 6. The summed E-state index contributed by atoms with van der Waals surface area (Å²) in [5, 5.41) is 2.91. The van der Waals surface area contributed by atoms with Crippen molar-refractivity contribution in [1.29, 1.82) is 0 Å².